The first-order valence-electron chi connectivity index (χ1n) is 4.94. The first-order chi connectivity index (χ1) is 5.83. The van der Waals surface area contributed by atoms with E-state index in [1.165, 1.54) is 6.54 Å². The van der Waals surface area contributed by atoms with E-state index in [1.54, 1.807) is 0 Å². The number of ether oxygens (including phenoxy) is 1. The van der Waals surface area contributed by atoms with Crippen LogP contribution in [0.3, 0.4) is 0 Å². The number of hydrogen-bond donors (Lipinski definition) is 0. The summed E-state index contributed by atoms with van der Waals surface area (Å²) in [6, 6.07) is 0. The van der Waals surface area contributed by atoms with Gasteiger partial charge in [0, 0.05) is 0 Å². The van der Waals surface area contributed by atoms with Gasteiger partial charge in [0.05, 0.1) is 26.0 Å². The Hall–Kier alpha value is -0.340. The molecule has 1 saturated heterocycles. The monoisotopic (exact) mass is 170 g/mol. The lowest BCUT2D eigenvalue weighted by Crippen LogP contribution is -2.50. The lowest BCUT2D eigenvalue weighted by atomic mass is 10.3. The molecule has 2 heteroatoms. The number of likely N-dealkylation sites (N-methyl/N-ethyl adjacent to an activating group) is 1. The Balaban J connectivity index is 2.53. The van der Waals surface area contributed by atoms with Crippen molar-refractivity contribution >= 4 is 0 Å². The summed E-state index contributed by atoms with van der Waals surface area (Å²) in [5.41, 5.74) is 0. The predicted octanol–water partition coefficient (Wildman–Crippen LogP) is 1.78. The molecule has 0 atom stereocenters. The minimum Gasteiger partial charge on any atom is -0.370 e. The Morgan fingerprint density at radius 3 is 2.42 bits per heavy atom. The van der Waals surface area contributed by atoms with Gasteiger partial charge in [0.1, 0.15) is 13.1 Å². The average Bonchev–Trinajstić information content (AvgIpc) is 2.16. The van der Waals surface area contributed by atoms with Crippen LogP contribution in [0, 0.1) is 0 Å². The second-order valence-electron chi connectivity index (χ2n) is 3.39. The Morgan fingerprint density at radius 2 is 1.92 bits per heavy atom. The number of rotatable bonds is 3. The van der Waals surface area contributed by atoms with Crippen LogP contribution >= 0.6 is 0 Å². The zero-order chi connectivity index (χ0) is 8.86. The van der Waals surface area contributed by atoms with Gasteiger partial charge >= 0.3 is 0 Å². The second-order valence-corrected chi connectivity index (χ2v) is 3.39. The highest BCUT2D eigenvalue weighted by Gasteiger charge is 2.25. The summed E-state index contributed by atoms with van der Waals surface area (Å²) < 4.78 is 6.48. The fourth-order valence-corrected chi connectivity index (χ4v) is 1.61. The molecule has 0 bridgehead atoms. The summed E-state index contributed by atoms with van der Waals surface area (Å²) in [4.78, 5) is 0. The van der Waals surface area contributed by atoms with Crippen molar-refractivity contribution in [1.82, 2.24) is 0 Å². The second kappa shape index (κ2) is 4.63. The van der Waals surface area contributed by atoms with Gasteiger partial charge in [-0.1, -0.05) is 6.92 Å². The van der Waals surface area contributed by atoms with Crippen LogP contribution in [0.2, 0.25) is 0 Å². The molecule has 0 spiro atoms. The summed E-state index contributed by atoms with van der Waals surface area (Å²) in [6.45, 7) is 9.76. The van der Waals surface area contributed by atoms with E-state index in [0.717, 1.165) is 37.2 Å². The Bertz CT molecular complexity index is 148. The van der Waals surface area contributed by atoms with Crippen LogP contribution in [0.4, 0.5) is 0 Å². The number of nitrogens with zero attached hydrogens (tertiary/aromatic N) is 1. The first kappa shape index (κ1) is 9.75. The fraction of sp³-hybridized carbons (Fsp3) is 0.800. The molecule has 0 aromatic heterocycles. The van der Waals surface area contributed by atoms with Crippen LogP contribution in [0.5, 0.6) is 0 Å². The van der Waals surface area contributed by atoms with Gasteiger partial charge in [-0.2, -0.15) is 0 Å². The molecule has 0 amide bonds. The normalized spacial score (nSPS) is 23.2. The molecule has 0 radical (unpaired) electrons. The van der Waals surface area contributed by atoms with Gasteiger partial charge in [-0.05, 0) is 19.4 Å². The van der Waals surface area contributed by atoms with Crippen LogP contribution in [-0.2, 0) is 4.74 Å². The topological polar surface area (TPSA) is 9.23 Å². The first-order valence-corrected chi connectivity index (χ1v) is 4.94. The molecule has 1 aliphatic heterocycles. The molecule has 0 aromatic rings. The Labute approximate surface area is 75.4 Å². The van der Waals surface area contributed by atoms with Crippen LogP contribution in [0.1, 0.15) is 20.3 Å². The molecule has 2 nitrogen and oxygen atoms in total. The third kappa shape index (κ3) is 2.32. The minimum atomic E-state index is 0.919. The molecule has 0 N–H and O–H groups in total. The summed E-state index contributed by atoms with van der Waals surface area (Å²) in [7, 11) is 0. The van der Waals surface area contributed by atoms with Crippen molar-refractivity contribution in [2.75, 3.05) is 32.8 Å². The predicted molar refractivity (Wildman–Crippen MR) is 50.8 cm³/mol. The minimum absolute atomic E-state index is 0.919. The molecule has 0 unspecified atom stereocenters. The standard InChI is InChI=1S/C10H20NO/c1-3-5-6-11(4-2)7-9-12-10-8-11/h5-6H,3-4,7-10H2,1-2H3/q+1. The number of hydrogen-bond acceptors (Lipinski definition) is 1. The van der Waals surface area contributed by atoms with E-state index in [1.807, 2.05) is 0 Å². The molecule has 1 rings (SSSR count). The van der Waals surface area contributed by atoms with Gasteiger partial charge < -0.3 is 4.74 Å². The summed E-state index contributed by atoms with van der Waals surface area (Å²) in [5, 5.41) is 0. The van der Waals surface area contributed by atoms with Gasteiger partial charge in [-0.3, -0.25) is 4.48 Å². The lowest BCUT2D eigenvalue weighted by molar-refractivity contribution is -0.885. The lowest BCUT2D eigenvalue weighted by Gasteiger charge is -2.36. The van der Waals surface area contributed by atoms with Gasteiger partial charge in [-0.25, -0.2) is 0 Å². The zero-order valence-electron chi connectivity index (χ0n) is 8.25. The molecule has 0 saturated carbocycles. The van der Waals surface area contributed by atoms with Gasteiger partial charge in [0.2, 0.25) is 0 Å². The maximum Gasteiger partial charge on any atom is 0.107 e. The van der Waals surface area contributed by atoms with Crippen LogP contribution < -0.4 is 0 Å². The third-order valence-electron chi connectivity index (χ3n) is 2.65. The van der Waals surface area contributed by atoms with Gasteiger partial charge in [0.25, 0.3) is 0 Å². The molecule has 1 heterocycles. The Morgan fingerprint density at radius 1 is 1.25 bits per heavy atom. The zero-order valence-corrected chi connectivity index (χ0v) is 8.25. The smallest absolute Gasteiger partial charge is 0.107 e. The molecule has 70 valence electrons. The van der Waals surface area contributed by atoms with E-state index in [0.29, 0.717) is 0 Å². The maximum atomic E-state index is 5.36. The molecule has 12 heavy (non-hydrogen) atoms. The van der Waals surface area contributed by atoms with E-state index < -0.39 is 0 Å². The van der Waals surface area contributed by atoms with Crippen LogP contribution in [-0.4, -0.2) is 37.3 Å². The van der Waals surface area contributed by atoms with Crippen molar-refractivity contribution in [3.8, 4) is 0 Å². The summed E-state index contributed by atoms with van der Waals surface area (Å²) >= 11 is 0. The van der Waals surface area contributed by atoms with Crippen molar-refractivity contribution in [2.45, 2.75) is 20.3 Å². The molecular formula is C10H20NO+. The van der Waals surface area contributed by atoms with E-state index in [4.69, 9.17) is 4.74 Å². The highest BCUT2D eigenvalue weighted by atomic mass is 16.5. The van der Waals surface area contributed by atoms with E-state index in [-0.39, 0.29) is 0 Å². The molecule has 1 aliphatic rings. The van der Waals surface area contributed by atoms with Crippen molar-refractivity contribution in [3.63, 3.8) is 0 Å². The fourth-order valence-electron chi connectivity index (χ4n) is 1.61. The highest BCUT2D eigenvalue weighted by molar-refractivity contribution is 4.73. The van der Waals surface area contributed by atoms with Crippen molar-refractivity contribution < 1.29 is 9.22 Å². The number of quaternary nitrogens is 1. The van der Waals surface area contributed by atoms with Crippen molar-refractivity contribution in [2.24, 2.45) is 0 Å². The maximum absolute atomic E-state index is 5.36. The number of allylic oxidation sites excluding steroid dienone is 1. The summed E-state index contributed by atoms with van der Waals surface area (Å²) in [6.07, 6.45) is 5.76. The third-order valence-corrected chi connectivity index (χ3v) is 2.65. The van der Waals surface area contributed by atoms with Gasteiger partial charge in [0.15, 0.2) is 0 Å². The molecule has 1 fully saturated rings. The van der Waals surface area contributed by atoms with Crippen molar-refractivity contribution in [1.29, 1.82) is 0 Å². The molecule has 0 aliphatic carbocycles. The molecular weight excluding hydrogens is 150 g/mol. The van der Waals surface area contributed by atoms with Crippen molar-refractivity contribution in [3.05, 3.63) is 12.3 Å². The van der Waals surface area contributed by atoms with E-state index >= 15 is 0 Å². The largest absolute Gasteiger partial charge is 0.370 e. The van der Waals surface area contributed by atoms with E-state index in [2.05, 4.69) is 26.1 Å². The average molecular weight is 170 g/mol. The SMILES string of the molecule is CCC=C[N+]1(CC)CCOCC1. The number of morpholine rings is 1. The van der Waals surface area contributed by atoms with Crippen LogP contribution in [0.15, 0.2) is 12.3 Å². The quantitative estimate of drug-likeness (QED) is 0.587. The Kier molecular flexibility index (Phi) is 3.76. The van der Waals surface area contributed by atoms with Crippen LogP contribution in [0.25, 0.3) is 0 Å². The molecule has 0 aromatic carbocycles. The summed E-state index contributed by atoms with van der Waals surface area (Å²) in [5.74, 6) is 0. The highest BCUT2D eigenvalue weighted by Crippen LogP contribution is 2.12. The van der Waals surface area contributed by atoms with E-state index in [9.17, 15) is 0 Å². The van der Waals surface area contributed by atoms with Gasteiger partial charge in [-0.15, -0.1) is 0 Å².